The molecule has 0 spiro atoms. The predicted octanol–water partition coefficient (Wildman–Crippen LogP) is 1.41. The van der Waals surface area contributed by atoms with Gasteiger partial charge in [0.15, 0.2) is 0 Å². The Morgan fingerprint density at radius 2 is 2.25 bits per heavy atom. The molecule has 90 valence electrons. The van der Waals surface area contributed by atoms with Gasteiger partial charge in [-0.05, 0) is 33.6 Å². The van der Waals surface area contributed by atoms with Gasteiger partial charge in [-0.1, -0.05) is 6.08 Å². The van der Waals surface area contributed by atoms with Crippen molar-refractivity contribution >= 4 is 11.9 Å². The summed E-state index contributed by atoms with van der Waals surface area (Å²) < 4.78 is 5.22. The first-order valence-corrected chi connectivity index (χ1v) is 5.47. The van der Waals surface area contributed by atoms with Gasteiger partial charge in [-0.2, -0.15) is 0 Å². The zero-order valence-electron chi connectivity index (χ0n) is 10.1. The summed E-state index contributed by atoms with van der Waals surface area (Å²) in [6.07, 6.45) is 2.80. The second kappa shape index (κ2) is 4.68. The molecular formula is C12H19NO3. The summed E-state index contributed by atoms with van der Waals surface area (Å²) in [6.45, 7) is 9.02. The zero-order chi connectivity index (χ0) is 12.3. The number of carbonyl (C=O) groups is 2. The van der Waals surface area contributed by atoms with E-state index in [1.165, 1.54) is 0 Å². The van der Waals surface area contributed by atoms with Crippen molar-refractivity contribution in [1.29, 1.82) is 0 Å². The van der Waals surface area contributed by atoms with Gasteiger partial charge in [-0.25, -0.2) is 4.79 Å². The van der Waals surface area contributed by atoms with Crippen LogP contribution in [0.3, 0.4) is 0 Å². The topological polar surface area (TPSA) is 55.4 Å². The molecule has 1 aliphatic heterocycles. The fourth-order valence-corrected chi connectivity index (χ4v) is 1.67. The van der Waals surface area contributed by atoms with Crippen LogP contribution >= 0.6 is 0 Å². The third kappa shape index (κ3) is 3.36. The SMILES string of the molecule is C=CC[C@@H]1C[C@@H](C(=O)OC(C)(C)C)NC1=O. The third-order valence-electron chi connectivity index (χ3n) is 2.35. The number of carbonyl (C=O) groups excluding carboxylic acids is 2. The predicted molar refractivity (Wildman–Crippen MR) is 60.7 cm³/mol. The lowest BCUT2D eigenvalue weighted by Crippen LogP contribution is -2.38. The normalized spacial score (nSPS) is 25.1. The second-order valence-corrected chi connectivity index (χ2v) is 5.05. The zero-order valence-corrected chi connectivity index (χ0v) is 10.1. The van der Waals surface area contributed by atoms with Gasteiger partial charge in [0.2, 0.25) is 5.91 Å². The van der Waals surface area contributed by atoms with E-state index < -0.39 is 11.6 Å². The number of hydrogen-bond acceptors (Lipinski definition) is 3. The van der Waals surface area contributed by atoms with Crippen LogP contribution in [-0.2, 0) is 14.3 Å². The molecule has 0 aromatic carbocycles. The van der Waals surface area contributed by atoms with Gasteiger partial charge in [0.05, 0.1) is 0 Å². The van der Waals surface area contributed by atoms with Crippen molar-refractivity contribution in [3.8, 4) is 0 Å². The Morgan fingerprint density at radius 1 is 1.62 bits per heavy atom. The van der Waals surface area contributed by atoms with Gasteiger partial charge in [0.1, 0.15) is 11.6 Å². The van der Waals surface area contributed by atoms with E-state index in [-0.39, 0.29) is 17.8 Å². The summed E-state index contributed by atoms with van der Waals surface area (Å²) in [6, 6.07) is -0.503. The first-order valence-electron chi connectivity index (χ1n) is 5.47. The average Bonchev–Trinajstić information content (AvgIpc) is 2.46. The van der Waals surface area contributed by atoms with Gasteiger partial charge in [0, 0.05) is 5.92 Å². The molecule has 0 bridgehead atoms. The van der Waals surface area contributed by atoms with Gasteiger partial charge in [0.25, 0.3) is 0 Å². The molecule has 1 aliphatic rings. The Kier molecular flexibility index (Phi) is 3.73. The second-order valence-electron chi connectivity index (χ2n) is 5.05. The molecule has 4 nitrogen and oxygen atoms in total. The lowest BCUT2D eigenvalue weighted by atomic mass is 10.0. The molecule has 1 amide bonds. The van der Waals surface area contributed by atoms with Crippen LogP contribution < -0.4 is 5.32 Å². The van der Waals surface area contributed by atoms with E-state index in [1.54, 1.807) is 6.08 Å². The molecule has 4 heteroatoms. The third-order valence-corrected chi connectivity index (χ3v) is 2.35. The number of allylic oxidation sites excluding steroid dienone is 1. The van der Waals surface area contributed by atoms with Crippen molar-refractivity contribution in [2.24, 2.45) is 5.92 Å². The Balaban J connectivity index is 2.55. The number of amides is 1. The molecule has 0 unspecified atom stereocenters. The van der Waals surface area contributed by atoms with E-state index in [2.05, 4.69) is 11.9 Å². The Labute approximate surface area is 96.0 Å². The molecule has 0 aliphatic carbocycles. The van der Waals surface area contributed by atoms with Crippen molar-refractivity contribution in [3.05, 3.63) is 12.7 Å². The summed E-state index contributed by atoms with van der Waals surface area (Å²) >= 11 is 0. The van der Waals surface area contributed by atoms with E-state index in [4.69, 9.17) is 4.74 Å². The molecule has 1 N–H and O–H groups in total. The van der Waals surface area contributed by atoms with Crippen molar-refractivity contribution in [2.45, 2.75) is 45.3 Å². The van der Waals surface area contributed by atoms with Crippen LogP contribution in [0.15, 0.2) is 12.7 Å². The number of esters is 1. The van der Waals surface area contributed by atoms with Gasteiger partial charge in [-0.15, -0.1) is 6.58 Å². The van der Waals surface area contributed by atoms with Crippen molar-refractivity contribution in [3.63, 3.8) is 0 Å². The first kappa shape index (κ1) is 12.7. The Hall–Kier alpha value is -1.32. The van der Waals surface area contributed by atoms with Gasteiger partial charge in [-0.3, -0.25) is 4.79 Å². The number of ether oxygens (including phenoxy) is 1. The van der Waals surface area contributed by atoms with Crippen molar-refractivity contribution < 1.29 is 14.3 Å². The minimum Gasteiger partial charge on any atom is -0.458 e. The minimum atomic E-state index is -0.516. The van der Waals surface area contributed by atoms with Gasteiger partial charge < -0.3 is 10.1 Å². The highest BCUT2D eigenvalue weighted by Gasteiger charge is 2.37. The molecule has 1 saturated heterocycles. The quantitative estimate of drug-likeness (QED) is 0.583. The molecule has 2 atom stereocenters. The number of nitrogens with one attached hydrogen (secondary N) is 1. The summed E-state index contributed by atoms with van der Waals surface area (Å²) in [5.41, 5.74) is -0.516. The van der Waals surface area contributed by atoms with Crippen LogP contribution in [0.5, 0.6) is 0 Å². The molecule has 1 fully saturated rings. The smallest absolute Gasteiger partial charge is 0.329 e. The van der Waals surface area contributed by atoms with Crippen LogP contribution in [0.25, 0.3) is 0 Å². The maximum atomic E-state index is 11.7. The van der Waals surface area contributed by atoms with Crippen LogP contribution in [0.4, 0.5) is 0 Å². The molecule has 1 heterocycles. The van der Waals surface area contributed by atoms with Crippen molar-refractivity contribution in [1.82, 2.24) is 5.32 Å². The fraction of sp³-hybridized carbons (Fsp3) is 0.667. The summed E-state index contributed by atoms with van der Waals surface area (Å²) in [5, 5.41) is 2.65. The van der Waals surface area contributed by atoms with E-state index in [0.29, 0.717) is 12.8 Å². The highest BCUT2D eigenvalue weighted by molar-refractivity contribution is 5.89. The Morgan fingerprint density at radius 3 is 2.75 bits per heavy atom. The lowest BCUT2D eigenvalue weighted by Gasteiger charge is -2.21. The van der Waals surface area contributed by atoms with Crippen molar-refractivity contribution in [2.75, 3.05) is 0 Å². The maximum Gasteiger partial charge on any atom is 0.329 e. The summed E-state index contributed by atoms with van der Waals surface area (Å²) in [5.74, 6) is -0.585. The minimum absolute atomic E-state index is 0.0873. The molecule has 0 aromatic rings. The van der Waals surface area contributed by atoms with Crippen LogP contribution in [0.2, 0.25) is 0 Å². The highest BCUT2D eigenvalue weighted by atomic mass is 16.6. The number of rotatable bonds is 3. The summed E-state index contributed by atoms with van der Waals surface area (Å²) in [7, 11) is 0. The van der Waals surface area contributed by atoms with Crippen LogP contribution in [0.1, 0.15) is 33.6 Å². The highest BCUT2D eigenvalue weighted by Crippen LogP contribution is 2.21. The fourth-order valence-electron chi connectivity index (χ4n) is 1.67. The van der Waals surface area contributed by atoms with Crippen LogP contribution in [-0.4, -0.2) is 23.5 Å². The largest absolute Gasteiger partial charge is 0.458 e. The maximum absolute atomic E-state index is 11.7. The standard InChI is InChI=1S/C12H19NO3/c1-5-6-8-7-9(13-10(8)14)11(15)16-12(2,3)4/h5,8-9H,1,6-7H2,2-4H3,(H,13,14)/t8-,9+/m1/s1. The summed E-state index contributed by atoms with van der Waals surface area (Å²) in [4.78, 5) is 23.2. The monoisotopic (exact) mass is 225 g/mol. The molecular weight excluding hydrogens is 206 g/mol. The number of hydrogen-bond donors (Lipinski definition) is 1. The molecule has 0 radical (unpaired) electrons. The van der Waals surface area contributed by atoms with Gasteiger partial charge >= 0.3 is 5.97 Å². The molecule has 16 heavy (non-hydrogen) atoms. The van der Waals surface area contributed by atoms with E-state index in [0.717, 1.165) is 0 Å². The molecule has 0 saturated carbocycles. The molecule has 0 aromatic heterocycles. The van der Waals surface area contributed by atoms with E-state index >= 15 is 0 Å². The molecule has 1 rings (SSSR count). The lowest BCUT2D eigenvalue weighted by molar-refractivity contribution is -0.157. The van der Waals surface area contributed by atoms with E-state index in [1.807, 2.05) is 20.8 Å². The Bertz CT molecular complexity index is 304. The first-order chi connectivity index (χ1) is 7.33. The van der Waals surface area contributed by atoms with Crippen LogP contribution in [0, 0.1) is 5.92 Å². The van der Waals surface area contributed by atoms with E-state index in [9.17, 15) is 9.59 Å². The average molecular weight is 225 g/mol.